The zero-order valence-electron chi connectivity index (χ0n) is 9.51. The second-order valence-electron chi connectivity index (χ2n) is 3.72. The fraction of sp³-hybridized carbons (Fsp3) is 0.333. The van der Waals surface area contributed by atoms with Crippen LogP contribution in [0, 0.1) is 6.92 Å². The number of hydrogen-bond donors (Lipinski definition) is 1. The van der Waals surface area contributed by atoms with Crippen molar-refractivity contribution >= 4 is 22.6 Å². The monoisotopic (exact) mass is 254 g/mol. The number of ketones is 1. The van der Waals surface area contributed by atoms with Gasteiger partial charge in [0.15, 0.2) is 5.78 Å². The van der Waals surface area contributed by atoms with Crippen molar-refractivity contribution in [1.29, 1.82) is 0 Å². The van der Waals surface area contributed by atoms with Crippen LogP contribution in [-0.4, -0.2) is 32.6 Å². The number of Topliss-reactive ketones (excluding diaryl/α,β-unsaturated/α-hetero) is 1. The van der Waals surface area contributed by atoms with Crippen molar-refractivity contribution in [3.05, 3.63) is 35.4 Å². The van der Waals surface area contributed by atoms with Crippen molar-refractivity contribution in [1.82, 2.24) is 0 Å². The number of hydrogen-bond acceptors (Lipinski definition) is 3. The molecule has 0 aliphatic heterocycles. The molecular weight excluding hydrogens is 240 g/mol. The lowest BCUT2D eigenvalue weighted by atomic mass is 10.1. The van der Waals surface area contributed by atoms with E-state index in [0.717, 1.165) is 5.56 Å². The van der Waals surface area contributed by atoms with E-state index in [4.69, 9.17) is 5.11 Å². The molecule has 1 aromatic rings. The molecule has 0 amide bonds. The minimum absolute atomic E-state index is 0.0208. The first-order valence-corrected chi connectivity index (χ1v) is 6.64. The number of carbonyl (C=O) groups excluding carboxylic acids is 1. The van der Waals surface area contributed by atoms with E-state index in [-0.39, 0.29) is 23.7 Å². The minimum Gasteiger partial charge on any atom is -0.481 e. The molecule has 1 aromatic carbocycles. The Hall–Kier alpha value is -1.49. The van der Waals surface area contributed by atoms with E-state index in [1.54, 1.807) is 12.1 Å². The lowest BCUT2D eigenvalue weighted by Gasteiger charge is -2.01. The highest BCUT2D eigenvalue weighted by molar-refractivity contribution is 7.85. The van der Waals surface area contributed by atoms with Crippen molar-refractivity contribution in [3.63, 3.8) is 0 Å². The van der Waals surface area contributed by atoms with Gasteiger partial charge in [0.1, 0.15) is 0 Å². The molecular formula is C12H14O4S. The number of carboxylic acid groups (broad SMARTS) is 1. The SMILES string of the molecule is Cc1ccc(C(=O)CS(=O)CCC(=O)O)cc1. The molecule has 0 aromatic heterocycles. The van der Waals surface area contributed by atoms with Gasteiger partial charge in [-0.05, 0) is 6.92 Å². The van der Waals surface area contributed by atoms with Gasteiger partial charge in [0, 0.05) is 22.1 Å². The molecule has 1 N–H and O–H groups in total. The molecule has 0 bridgehead atoms. The smallest absolute Gasteiger partial charge is 0.304 e. The van der Waals surface area contributed by atoms with Crippen LogP contribution in [0.2, 0.25) is 0 Å². The van der Waals surface area contributed by atoms with E-state index in [2.05, 4.69) is 0 Å². The van der Waals surface area contributed by atoms with Gasteiger partial charge in [0.25, 0.3) is 0 Å². The van der Waals surface area contributed by atoms with Crippen molar-refractivity contribution in [2.24, 2.45) is 0 Å². The van der Waals surface area contributed by atoms with Crippen LogP contribution in [0.5, 0.6) is 0 Å². The Morgan fingerprint density at radius 2 is 1.82 bits per heavy atom. The molecule has 0 heterocycles. The lowest BCUT2D eigenvalue weighted by molar-refractivity contribution is -0.136. The molecule has 92 valence electrons. The Bertz CT molecular complexity index is 436. The second-order valence-corrected chi connectivity index (χ2v) is 5.30. The topological polar surface area (TPSA) is 71.4 Å². The van der Waals surface area contributed by atoms with Crippen molar-refractivity contribution in [3.8, 4) is 0 Å². The molecule has 17 heavy (non-hydrogen) atoms. The van der Waals surface area contributed by atoms with Gasteiger partial charge in [-0.15, -0.1) is 0 Å². The van der Waals surface area contributed by atoms with E-state index >= 15 is 0 Å². The Balaban J connectivity index is 2.51. The highest BCUT2D eigenvalue weighted by atomic mass is 32.2. The van der Waals surface area contributed by atoms with Gasteiger partial charge in [-0.2, -0.15) is 0 Å². The maximum atomic E-state index is 11.7. The van der Waals surface area contributed by atoms with Crippen LogP contribution in [0.4, 0.5) is 0 Å². The number of aryl methyl sites for hydroxylation is 1. The molecule has 0 aliphatic carbocycles. The number of carboxylic acids is 1. The molecule has 1 unspecified atom stereocenters. The Morgan fingerprint density at radius 1 is 1.24 bits per heavy atom. The first-order valence-electron chi connectivity index (χ1n) is 5.15. The van der Waals surface area contributed by atoms with E-state index < -0.39 is 16.8 Å². The number of rotatable bonds is 6. The van der Waals surface area contributed by atoms with Gasteiger partial charge in [-0.1, -0.05) is 29.8 Å². The second kappa shape index (κ2) is 6.30. The number of carbonyl (C=O) groups is 2. The minimum atomic E-state index is -1.41. The zero-order chi connectivity index (χ0) is 12.8. The fourth-order valence-corrected chi connectivity index (χ4v) is 2.25. The number of aliphatic carboxylic acids is 1. The van der Waals surface area contributed by atoms with Gasteiger partial charge in [0.05, 0.1) is 12.2 Å². The van der Waals surface area contributed by atoms with Crippen LogP contribution >= 0.6 is 0 Å². The molecule has 0 saturated heterocycles. The van der Waals surface area contributed by atoms with Crippen molar-refractivity contribution < 1.29 is 18.9 Å². The molecule has 5 heteroatoms. The molecule has 0 radical (unpaired) electrons. The van der Waals surface area contributed by atoms with Crippen LogP contribution in [0.25, 0.3) is 0 Å². The summed E-state index contributed by atoms with van der Waals surface area (Å²) in [5, 5.41) is 8.42. The van der Waals surface area contributed by atoms with Gasteiger partial charge in [-0.3, -0.25) is 13.8 Å². The van der Waals surface area contributed by atoms with Crippen molar-refractivity contribution in [2.45, 2.75) is 13.3 Å². The van der Waals surface area contributed by atoms with E-state index in [1.807, 2.05) is 19.1 Å². The van der Waals surface area contributed by atoms with Crippen LogP contribution in [0.1, 0.15) is 22.3 Å². The summed E-state index contributed by atoms with van der Waals surface area (Å²) in [5.74, 6) is -1.31. The summed E-state index contributed by atoms with van der Waals surface area (Å²) in [6.07, 6.45) is -0.173. The largest absolute Gasteiger partial charge is 0.481 e. The predicted molar refractivity (Wildman–Crippen MR) is 65.6 cm³/mol. The molecule has 0 saturated carbocycles. The summed E-state index contributed by atoms with van der Waals surface area (Å²) in [7, 11) is -1.41. The lowest BCUT2D eigenvalue weighted by Crippen LogP contribution is -2.15. The maximum Gasteiger partial charge on any atom is 0.304 e. The first-order chi connectivity index (χ1) is 7.99. The first kappa shape index (κ1) is 13.6. The van der Waals surface area contributed by atoms with Crippen LogP contribution in [0.3, 0.4) is 0 Å². The quantitative estimate of drug-likeness (QED) is 0.779. The summed E-state index contributed by atoms with van der Waals surface area (Å²) in [4.78, 5) is 21.9. The maximum absolute atomic E-state index is 11.7. The van der Waals surface area contributed by atoms with E-state index in [1.165, 1.54) is 0 Å². The van der Waals surface area contributed by atoms with E-state index in [0.29, 0.717) is 5.56 Å². The van der Waals surface area contributed by atoms with Crippen LogP contribution in [0.15, 0.2) is 24.3 Å². The van der Waals surface area contributed by atoms with Crippen molar-refractivity contribution in [2.75, 3.05) is 11.5 Å². The Labute approximate surface area is 102 Å². The Morgan fingerprint density at radius 3 is 2.35 bits per heavy atom. The predicted octanol–water partition coefficient (Wildman–Crippen LogP) is 1.40. The third kappa shape index (κ3) is 4.91. The highest BCUT2D eigenvalue weighted by Crippen LogP contribution is 2.05. The average Bonchev–Trinajstić information content (AvgIpc) is 2.27. The van der Waals surface area contributed by atoms with Gasteiger partial charge < -0.3 is 5.11 Å². The van der Waals surface area contributed by atoms with Crippen LogP contribution < -0.4 is 0 Å². The van der Waals surface area contributed by atoms with Gasteiger partial charge in [0.2, 0.25) is 0 Å². The summed E-state index contributed by atoms with van der Waals surface area (Å²) in [6, 6.07) is 7.00. The number of benzene rings is 1. The van der Waals surface area contributed by atoms with Crippen LogP contribution in [-0.2, 0) is 15.6 Å². The third-order valence-corrected chi connectivity index (χ3v) is 3.45. The summed E-state index contributed by atoms with van der Waals surface area (Å²) >= 11 is 0. The normalized spacial score (nSPS) is 12.1. The summed E-state index contributed by atoms with van der Waals surface area (Å²) in [6.45, 7) is 1.92. The third-order valence-electron chi connectivity index (χ3n) is 2.21. The molecule has 4 nitrogen and oxygen atoms in total. The molecule has 0 aliphatic rings. The highest BCUT2D eigenvalue weighted by Gasteiger charge is 2.11. The standard InChI is InChI=1S/C12H14O4S/c1-9-2-4-10(5-3-9)11(13)8-17(16)7-6-12(14)15/h2-5H,6-8H2,1H3,(H,14,15). The summed E-state index contributed by atoms with van der Waals surface area (Å²) in [5.41, 5.74) is 1.56. The van der Waals surface area contributed by atoms with E-state index in [9.17, 15) is 13.8 Å². The zero-order valence-corrected chi connectivity index (χ0v) is 10.3. The fourth-order valence-electron chi connectivity index (χ4n) is 1.24. The average molecular weight is 254 g/mol. The molecule has 1 rings (SSSR count). The van der Waals surface area contributed by atoms with Gasteiger partial charge >= 0.3 is 5.97 Å². The van der Waals surface area contributed by atoms with Gasteiger partial charge in [-0.25, -0.2) is 0 Å². The molecule has 1 atom stereocenters. The molecule has 0 fully saturated rings. The Kier molecular flexibility index (Phi) is 5.03. The molecule has 0 spiro atoms. The summed E-state index contributed by atoms with van der Waals surface area (Å²) < 4.78 is 11.4.